The third-order valence-electron chi connectivity index (χ3n) is 1.93. The first-order chi connectivity index (χ1) is 6.29. The summed E-state index contributed by atoms with van der Waals surface area (Å²) in [6.07, 6.45) is 2.14. The molecule has 1 aliphatic rings. The molecule has 0 aromatic carbocycles. The van der Waals surface area contributed by atoms with Crippen LogP contribution in [0.5, 0.6) is 0 Å². The summed E-state index contributed by atoms with van der Waals surface area (Å²) in [5.41, 5.74) is 0.335. The van der Waals surface area contributed by atoms with Crippen LogP contribution >= 0.6 is 0 Å². The quantitative estimate of drug-likeness (QED) is 0.643. The second kappa shape index (κ2) is 3.18. The van der Waals surface area contributed by atoms with Crippen molar-refractivity contribution in [3.8, 4) is 0 Å². The Labute approximate surface area is 75.3 Å². The van der Waals surface area contributed by atoms with Crippen molar-refractivity contribution in [2.75, 3.05) is 13.2 Å². The van der Waals surface area contributed by atoms with E-state index in [9.17, 15) is 4.79 Å². The normalized spacial score (nSPS) is 16.5. The molecule has 0 radical (unpaired) electrons. The van der Waals surface area contributed by atoms with Crippen LogP contribution in [0.1, 0.15) is 22.7 Å². The number of carbonyl (C=O) groups is 1. The van der Waals surface area contributed by atoms with Crippen LogP contribution < -0.4 is 0 Å². The molecular formula is C8H10N2O3. The van der Waals surface area contributed by atoms with Gasteiger partial charge in [-0.15, -0.1) is 0 Å². The topological polar surface area (TPSA) is 55.6 Å². The van der Waals surface area contributed by atoms with Crippen molar-refractivity contribution >= 4 is 5.91 Å². The molecule has 13 heavy (non-hydrogen) atoms. The minimum atomic E-state index is -0.219. The summed E-state index contributed by atoms with van der Waals surface area (Å²) in [4.78, 5) is 20.5. The van der Waals surface area contributed by atoms with Crippen LogP contribution in [0.25, 0.3) is 0 Å². The molecule has 1 saturated heterocycles. The number of rotatable bonds is 1. The number of hydroxylamine groups is 2. The average molecular weight is 182 g/mol. The summed E-state index contributed by atoms with van der Waals surface area (Å²) in [7, 11) is 0. The Hall–Kier alpha value is -1.36. The number of hydrogen-bond acceptors (Lipinski definition) is 4. The zero-order valence-electron chi connectivity index (χ0n) is 7.32. The number of aryl methyl sites for hydroxylation is 1. The number of aromatic nitrogens is 1. The van der Waals surface area contributed by atoms with Crippen molar-refractivity contribution in [1.29, 1.82) is 0 Å². The van der Waals surface area contributed by atoms with Crippen LogP contribution in [0.3, 0.4) is 0 Å². The van der Waals surface area contributed by atoms with Crippen LogP contribution in [-0.2, 0) is 4.84 Å². The largest absolute Gasteiger partial charge is 0.448 e. The van der Waals surface area contributed by atoms with Gasteiger partial charge >= 0.3 is 0 Å². The predicted octanol–water partition coefficient (Wildman–Crippen LogP) is 0.761. The highest BCUT2D eigenvalue weighted by Gasteiger charge is 2.24. The van der Waals surface area contributed by atoms with E-state index in [0.717, 1.165) is 6.42 Å². The minimum Gasteiger partial charge on any atom is -0.448 e. The fourth-order valence-electron chi connectivity index (χ4n) is 1.24. The van der Waals surface area contributed by atoms with Crippen molar-refractivity contribution in [2.24, 2.45) is 0 Å². The fraction of sp³-hybridized carbons (Fsp3) is 0.500. The van der Waals surface area contributed by atoms with Gasteiger partial charge in [-0.1, -0.05) is 0 Å². The summed E-state index contributed by atoms with van der Waals surface area (Å²) in [5, 5.41) is 1.32. The fourth-order valence-corrected chi connectivity index (χ4v) is 1.24. The first-order valence-corrected chi connectivity index (χ1v) is 4.14. The number of hydrogen-bond donors (Lipinski definition) is 0. The molecule has 1 aromatic rings. The lowest BCUT2D eigenvalue weighted by Gasteiger charge is -2.11. The third kappa shape index (κ3) is 1.42. The van der Waals surface area contributed by atoms with Crippen LogP contribution in [0.4, 0.5) is 0 Å². The summed E-state index contributed by atoms with van der Waals surface area (Å²) < 4.78 is 4.93. The zero-order valence-corrected chi connectivity index (χ0v) is 7.32. The van der Waals surface area contributed by atoms with Gasteiger partial charge in [0, 0.05) is 0 Å². The lowest BCUT2D eigenvalue weighted by atomic mass is 10.3. The summed E-state index contributed by atoms with van der Waals surface area (Å²) in [6, 6.07) is 0. The Balaban J connectivity index is 2.17. The Morgan fingerprint density at radius 1 is 1.69 bits per heavy atom. The molecule has 1 fully saturated rings. The van der Waals surface area contributed by atoms with Gasteiger partial charge in [-0.2, -0.15) is 0 Å². The Kier molecular flexibility index (Phi) is 2.02. The van der Waals surface area contributed by atoms with Crippen molar-refractivity contribution in [2.45, 2.75) is 13.3 Å². The Morgan fingerprint density at radius 2 is 2.54 bits per heavy atom. The summed E-state index contributed by atoms with van der Waals surface area (Å²) >= 11 is 0. The highest BCUT2D eigenvalue weighted by Crippen LogP contribution is 2.12. The van der Waals surface area contributed by atoms with Gasteiger partial charge < -0.3 is 4.42 Å². The molecule has 5 nitrogen and oxygen atoms in total. The van der Waals surface area contributed by atoms with E-state index in [0.29, 0.717) is 24.6 Å². The van der Waals surface area contributed by atoms with Gasteiger partial charge in [0.2, 0.25) is 0 Å². The maximum atomic E-state index is 11.6. The Morgan fingerprint density at radius 3 is 3.08 bits per heavy atom. The molecule has 0 saturated carbocycles. The maximum absolute atomic E-state index is 11.6. The van der Waals surface area contributed by atoms with E-state index in [1.807, 2.05) is 0 Å². The Bertz CT molecular complexity index is 315. The van der Waals surface area contributed by atoms with E-state index in [-0.39, 0.29) is 5.91 Å². The number of nitrogens with zero attached hydrogens (tertiary/aromatic N) is 2. The van der Waals surface area contributed by atoms with E-state index >= 15 is 0 Å². The molecule has 5 heteroatoms. The standard InChI is InChI=1S/C8H10N2O3/c1-6-7(9-5-12-6)8(11)10-3-2-4-13-10/h5H,2-4H2,1H3. The maximum Gasteiger partial charge on any atom is 0.299 e. The first-order valence-electron chi connectivity index (χ1n) is 4.14. The number of oxazole rings is 1. The third-order valence-corrected chi connectivity index (χ3v) is 1.93. The van der Waals surface area contributed by atoms with Gasteiger partial charge in [-0.05, 0) is 13.3 Å². The molecule has 1 aromatic heterocycles. The monoisotopic (exact) mass is 182 g/mol. The molecular weight excluding hydrogens is 172 g/mol. The van der Waals surface area contributed by atoms with Gasteiger partial charge in [0.1, 0.15) is 5.76 Å². The first kappa shape index (κ1) is 8.25. The highest BCUT2D eigenvalue weighted by atomic mass is 16.7. The molecule has 0 atom stereocenters. The number of carbonyl (C=O) groups excluding carboxylic acids is 1. The predicted molar refractivity (Wildman–Crippen MR) is 42.8 cm³/mol. The van der Waals surface area contributed by atoms with Gasteiger partial charge in [-0.25, -0.2) is 10.0 Å². The molecule has 0 aliphatic carbocycles. The van der Waals surface area contributed by atoms with E-state index in [4.69, 9.17) is 9.25 Å². The van der Waals surface area contributed by atoms with Crippen LogP contribution in [-0.4, -0.2) is 29.1 Å². The second-order valence-corrected chi connectivity index (χ2v) is 2.85. The van der Waals surface area contributed by atoms with Crippen molar-refractivity contribution < 1.29 is 14.0 Å². The smallest absolute Gasteiger partial charge is 0.299 e. The van der Waals surface area contributed by atoms with Gasteiger partial charge in [-0.3, -0.25) is 9.63 Å². The van der Waals surface area contributed by atoms with Gasteiger partial charge in [0.05, 0.1) is 13.2 Å². The number of amides is 1. The lowest BCUT2D eigenvalue weighted by Crippen LogP contribution is -2.27. The SMILES string of the molecule is Cc1ocnc1C(=O)N1CCCO1. The summed E-state index contributed by atoms with van der Waals surface area (Å²) in [5.74, 6) is 0.309. The van der Waals surface area contributed by atoms with E-state index < -0.39 is 0 Å². The molecule has 1 amide bonds. The molecule has 0 spiro atoms. The van der Waals surface area contributed by atoms with E-state index in [1.54, 1.807) is 6.92 Å². The molecule has 70 valence electrons. The van der Waals surface area contributed by atoms with Gasteiger partial charge in [0.25, 0.3) is 5.91 Å². The minimum absolute atomic E-state index is 0.219. The molecule has 2 heterocycles. The molecule has 0 bridgehead atoms. The average Bonchev–Trinajstić information content (AvgIpc) is 2.72. The van der Waals surface area contributed by atoms with E-state index in [1.165, 1.54) is 11.5 Å². The summed E-state index contributed by atoms with van der Waals surface area (Å²) in [6.45, 7) is 2.93. The van der Waals surface area contributed by atoms with Crippen molar-refractivity contribution in [1.82, 2.24) is 10.0 Å². The van der Waals surface area contributed by atoms with E-state index in [2.05, 4.69) is 4.98 Å². The lowest BCUT2D eigenvalue weighted by molar-refractivity contribution is -0.0772. The van der Waals surface area contributed by atoms with Crippen LogP contribution in [0, 0.1) is 6.92 Å². The molecule has 0 unspecified atom stereocenters. The van der Waals surface area contributed by atoms with Crippen molar-refractivity contribution in [3.05, 3.63) is 17.8 Å². The van der Waals surface area contributed by atoms with Crippen LogP contribution in [0.2, 0.25) is 0 Å². The molecule has 2 rings (SSSR count). The highest BCUT2D eigenvalue weighted by molar-refractivity contribution is 5.92. The molecule has 0 N–H and O–H groups in total. The second-order valence-electron chi connectivity index (χ2n) is 2.85. The van der Waals surface area contributed by atoms with Crippen molar-refractivity contribution in [3.63, 3.8) is 0 Å². The zero-order chi connectivity index (χ0) is 9.26. The molecule has 1 aliphatic heterocycles. The van der Waals surface area contributed by atoms with Gasteiger partial charge in [0.15, 0.2) is 12.1 Å². The van der Waals surface area contributed by atoms with Crippen LogP contribution in [0.15, 0.2) is 10.8 Å².